The number of halogens is 1. The average Bonchev–Trinajstić information content (AvgIpc) is 2.56. The minimum absolute atomic E-state index is 0.387. The zero-order chi connectivity index (χ0) is 13.4. The van der Waals surface area contributed by atoms with E-state index in [9.17, 15) is 0 Å². The third-order valence-corrected chi connectivity index (χ3v) is 3.99. The van der Waals surface area contributed by atoms with Crippen LogP contribution in [-0.4, -0.2) is 14.8 Å². The molecule has 3 nitrogen and oxygen atoms in total. The van der Waals surface area contributed by atoms with Crippen LogP contribution in [-0.2, 0) is 0 Å². The van der Waals surface area contributed by atoms with Crippen molar-refractivity contribution >= 4 is 33.1 Å². The van der Waals surface area contributed by atoms with Crippen molar-refractivity contribution in [3.8, 4) is 5.69 Å². The van der Waals surface area contributed by atoms with Crippen molar-refractivity contribution in [1.82, 2.24) is 9.78 Å². The molecule has 1 heterocycles. The van der Waals surface area contributed by atoms with Crippen molar-refractivity contribution in [1.29, 1.82) is 0 Å². The molecule has 94 valence electrons. The maximum Gasteiger partial charge on any atom is 0.105 e. The van der Waals surface area contributed by atoms with E-state index in [0.29, 0.717) is 4.99 Å². The van der Waals surface area contributed by atoms with Gasteiger partial charge in [-0.25, -0.2) is 4.68 Å². The molecule has 0 saturated carbocycles. The molecule has 18 heavy (non-hydrogen) atoms. The third kappa shape index (κ3) is 2.20. The maximum atomic E-state index is 5.64. The molecule has 0 aliphatic rings. The number of nitrogens with two attached hydrogens (primary N) is 1. The van der Waals surface area contributed by atoms with Gasteiger partial charge in [-0.3, -0.25) is 0 Å². The Morgan fingerprint density at radius 2 is 2.00 bits per heavy atom. The molecular formula is C13H14BrN3S. The molecule has 0 bridgehead atoms. The van der Waals surface area contributed by atoms with Crippen molar-refractivity contribution in [2.75, 3.05) is 0 Å². The zero-order valence-corrected chi connectivity index (χ0v) is 12.9. The van der Waals surface area contributed by atoms with Crippen molar-refractivity contribution in [2.24, 2.45) is 5.73 Å². The summed E-state index contributed by atoms with van der Waals surface area (Å²) in [5.74, 6) is 0. The fraction of sp³-hybridized carbons (Fsp3) is 0.231. The molecule has 2 aromatic rings. The summed E-state index contributed by atoms with van der Waals surface area (Å²) >= 11 is 8.47. The van der Waals surface area contributed by atoms with Gasteiger partial charge in [-0.05, 0) is 60.5 Å². The molecule has 2 rings (SSSR count). The molecular weight excluding hydrogens is 310 g/mol. The highest BCUT2D eigenvalue weighted by molar-refractivity contribution is 9.10. The molecule has 0 fully saturated rings. The van der Waals surface area contributed by atoms with Crippen LogP contribution in [0.25, 0.3) is 5.69 Å². The van der Waals surface area contributed by atoms with E-state index >= 15 is 0 Å². The number of thiocarbonyl (C=S) groups is 1. The first-order chi connectivity index (χ1) is 8.41. The van der Waals surface area contributed by atoms with Gasteiger partial charge in [-0.15, -0.1) is 0 Å². The second kappa shape index (κ2) is 4.82. The molecule has 1 aromatic heterocycles. The summed E-state index contributed by atoms with van der Waals surface area (Å²) in [6.07, 6.45) is 0. The maximum absolute atomic E-state index is 5.64. The first kappa shape index (κ1) is 13.2. The molecule has 1 aromatic carbocycles. The monoisotopic (exact) mass is 323 g/mol. The third-order valence-electron chi connectivity index (χ3n) is 3.12. The standard InChI is InChI=1S/C13H14BrN3S/c1-7-8(2)16-17(9(7)3)10-4-5-11(13(15)18)12(14)6-10/h4-6H,1-3H3,(H2,15,18). The first-order valence-corrected chi connectivity index (χ1v) is 6.74. The Bertz CT molecular complexity index is 631. The van der Waals surface area contributed by atoms with Gasteiger partial charge in [0.25, 0.3) is 0 Å². The molecule has 0 aliphatic carbocycles. The Labute approximate surface area is 120 Å². The van der Waals surface area contributed by atoms with Gasteiger partial charge in [0.15, 0.2) is 0 Å². The summed E-state index contributed by atoms with van der Waals surface area (Å²) < 4.78 is 2.82. The predicted molar refractivity (Wildman–Crippen MR) is 81.4 cm³/mol. The minimum atomic E-state index is 0.387. The highest BCUT2D eigenvalue weighted by atomic mass is 79.9. The van der Waals surface area contributed by atoms with E-state index in [4.69, 9.17) is 18.0 Å². The number of hydrogen-bond donors (Lipinski definition) is 1. The largest absolute Gasteiger partial charge is 0.389 e. The molecule has 0 unspecified atom stereocenters. The molecule has 0 amide bonds. The normalized spacial score (nSPS) is 10.7. The number of benzene rings is 1. The summed E-state index contributed by atoms with van der Waals surface area (Å²) in [7, 11) is 0. The summed E-state index contributed by atoms with van der Waals surface area (Å²) in [6.45, 7) is 6.15. The Kier molecular flexibility index (Phi) is 3.54. The summed E-state index contributed by atoms with van der Waals surface area (Å²) in [5.41, 5.74) is 10.9. The summed E-state index contributed by atoms with van der Waals surface area (Å²) in [4.78, 5) is 0.387. The number of nitrogens with zero attached hydrogens (tertiary/aromatic N) is 2. The van der Waals surface area contributed by atoms with Crippen LogP contribution >= 0.6 is 28.1 Å². The van der Waals surface area contributed by atoms with E-state index in [1.165, 1.54) is 5.56 Å². The highest BCUT2D eigenvalue weighted by Crippen LogP contribution is 2.23. The predicted octanol–water partition coefficient (Wildman–Crippen LogP) is 3.19. The van der Waals surface area contributed by atoms with Crippen LogP contribution in [0, 0.1) is 20.8 Å². The smallest absolute Gasteiger partial charge is 0.105 e. The lowest BCUT2D eigenvalue weighted by molar-refractivity contribution is 0.832. The fourth-order valence-electron chi connectivity index (χ4n) is 1.81. The van der Waals surface area contributed by atoms with Crippen molar-refractivity contribution < 1.29 is 0 Å². The molecule has 0 saturated heterocycles. The van der Waals surface area contributed by atoms with Gasteiger partial charge in [-0.1, -0.05) is 12.2 Å². The first-order valence-electron chi connectivity index (χ1n) is 5.54. The molecule has 5 heteroatoms. The van der Waals surface area contributed by atoms with Gasteiger partial charge in [0.05, 0.1) is 11.4 Å². The topological polar surface area (TPSA) is 43.8 Å². The van der Waals surface area contributed by atoms with Crippen molar-refractivity contribution in [2.45, 2.75) is 20.8 Å². The van der Waals surface area contributed by atoms with Gasteiger partial charge in [0, 0.05) is 15.7 Å². The van der Waals surface area contributed by atoms with Gasteiger partial charge < -0.3 is 5.73 Å². The van der Waals surface area contributed by atoms with Crippen molar-refractivity contribution in [3.63, 3.8) is 0 Å². The Hall–Kier alpha value is -1.20. The van der Waals surface area contributed by atoms with Gasteiger partial charge in [0.2, 0.25) is 0 Å². The van der Waals surface area contributed by atoms with Crippen LogP contribution in [0.4, 0.5) is 0 Å². The van der Waals surface area contributed by atoms with Crippen LogP contribution in [0.15, 0.2) is 22.7 Å². The zero-order valence-electron chi connectivity index (χ0n) is 10.5. The second-order valence-electron chi connectivity index (χ2n) is 4.24. The van der Waals surface area contributed by atoms with Crippen LogP contribution in [0.2, 0.25) is 0 Å². The number of hydrogen-bond acceptors (Lipinski definition) is 2. The average molecular weight is 324 g/mol. The number of rotatable bonds is 2. The van der Waals surface area contributed by atoms with Crippen LogP contribution in [0.5, 0.6) is 0 Å². The Morgan fingerprint density at radius 1 is 1.33 bits per heavy atom. The lowest BCUT2D eigenvalue weighted by Gasteiger charge is -2.08. The summed E-state index contributed by atoms with van der Waals surface area (Å²) in [5, 5.41) is 4.53. The van der Waals surface area contributed by atoms with Gasteiger partial charge in [0.1, 0.15) is 4.99 Å². The summed E-state index contributed by atoms with van der Waals surface area (Å²) in [6, 6.07) is 5.86. The lowest BCUT2D eigenvalue weighted by Crippen LogP contribution is -2.10. The quantitative estimate of drug-likeness (QED) is 0.863. The number of aromatic nitrogens is 2. The SMILES string of the molecule is Cc1nn(-c2ccc(C(N)=S)c(Br)c2)c(C)c1C. The molecule has 0 radical (unpaired) electrons. The van der Waals surface area contributed by atoms with Gasteiger partial charge >= 0.3 is 0 Å². The van der Waals surface area contributed by atoms with Crippen LogP contribution in [0.1, 0.15) is 22.5 Å². The van der Waals surface area contributed by atoms with E-state index < -0.39 is 0 Å². The van der Waals surface area contributed by atoms with Crippen molar-refractivity contribution in [3.05, 3.63) is 45.2 Å². The molecule has 0 atom stereocenters. The van der Waals surface area contributed by atoms with Crippen LogP contribution in [0.3, 0.4) is 0 Å². The fourth-order valence-corrected chi connectivity index (χ4v) is 2.70. The molecule has 0 spiro atoms. The van der Waals surface area contributed by atoms with E-state index in [-0.39, 0.29) is 0 Å². The molecule has 0 aliphatic heterocycles. The van der Waals surface area contributed by atoms with Crippen LogP contribution < -0.4 is 5.73 Å². The number of aryl methyl sites for hydroxylation is 1. The lowest BCUT2D eigenvalue weighted by atomic mass is 10.2. The van der Waals surface area contributed by atoms with Gasteiger partial charge in [-0.2, -0.15) is 5.10 Å². The van der Waals surface area contributed by atoms with E-state index in [2.05, 4.69) is 34.9 Å². The second-order valence-corrected chi connectivity index (χ2v) is 5.53. The molecule has 2 N–H and O–H groups in total. The minimum Gasteiger partial charge on any atom is -0.389 e. The highest BCUT2D eigenvalue weighted by Gasteiger charge is 2.11. The van der Waals surface area contributed by atoms with E-state index in [1.54, 1.807) is 0 Å². The Morgan fingerprint density at radius 3 is 2.44 bits per heavy atom. The van der Waals surface area contributed by atoms with E-state index in [1.807, 2.05) is 29.8 Å². The van der Waals surface area contributed by atoms with E-state index in [0.717, 1.165) is 27.1 Å². The Balaban J connectivity index is 2.55.